The monoisotopic (exact) mass is 444 g/mol. The van der Waals surface area contributed by atoms with Crippen LogP contribution in [0.15, 0.2) is 52.4 Å². The number of nitrogens with zero attached hydrogens (tertiary/aromatic N) is 4. The minimum Gasteiger partial charge on any atom is -0.323 e. The number of hydrogen-bond acceptors (Lipinski definition) is 5. The quantitative estimate of drug-likeness (QED) is 0.496. The van der Waals surface area contributed by atoms with E-state index in [1.165, 1.54) is 4.90 Å². The van der Waals surface area contributed by atoms with Crippen molar-refractivity contribution in [2.24, 2.45) is 0 Å². The summed E-state index contributed by atoms with van der Waals surface area (Å²) in [7, 11) is 0. The van der Waals surface area contributed by atoms with E-state index in [0.29, 0.717) is 29.7 Å². The molecule has 0 aliphatic carbocycles. The minimum absolute atomic E-state index is 0.241. The van der Waals surface area contributed by atoms with E-state index in [2.05, 4.69) is 30.6 Å². The van der Waals surface area contributed by atoms with Crippen molar-refractivity contribution in [2.45, 2.75) is 50.1 Å². The molecule has 0 N–H and O–H groups in total. The lowest BCUT2D eigenvalue weighted by Gasteiger charge is -2.15. The molecule has 162 valence electrons. The fourth-order valence-electron chi connectivity index (χ4n) is 4.04. The summed E-state index contributed by atoms with van der Waals surface area (Å²) in [5.41, 5.74) is 3.59. The SMILES string of the molecule is CCc1nc(CCN2C(=O)c3ccccc3C2=O)n(CC)c1Sc1cc(C)cc(C#N)c1. The van der Waals surface area contributed by atoms with E-state index in [4.69, 9.17) is 4.98 Å². The molecule has 2 amide bonds. The molecule has 1 aliphatic rings. The normalized spacial score (nSPS) is 12.9. The Morgan fingerprint density at radius 1 is 1.06 bits per heavy atom. The molecule has 32 heavy (non-hydrogen) atoms. The highest BCUT2D eigenvalue weighted by molar-refractivity contribution is 7.99. The topological polar surface area (TPSA) is 79.0 Å². The molecular weight excluding hydrogens is 420 g/mol. The largest absolute Gasteiger partial charge is 0.323 e. The van der Waals surface area contributed by atoms with Crippen LogP contribution in [0.2, 0.25) is 0 Å². The van der Waals surface area contributed by atoms with E-state index in [9.17, 15) is 14.9 Å². The van der Waals surface area contributed by atoms with Crippen LogP contribution in [0, 0.1) is 18.3 Å². The van der Waals surface area contributed by atoms with Gasteiger partial charge in [-0.25, -0.2) is 4.98 Å². The molecule has 0 bridgehead atoms. The number of benzene rings is 2. The molecule has 0 atom stereocenters. The highest BCUT2D eigenvalue weighted by Crippen LogP contribution is 2.33. The van der Waals surface area contributed by atoms with Crippen LogP contribution in [0.5, 0.6) is 0 Å². The van der Waals surface area contributed by atoms with Crippen LogP contribution in [0.25, 0.3) is 0 Å². The van der Waals surface area contributed by atoms with Gasteiger partial charge in [-0.15, -0.1) is 0 Å². The molecule has 0 saturated heterocycles. The molecule has 2 heterocycles. The molecular formula is C25H24N4O2S. The van der Waals surface area contributed by atoms with Crippen LogP contribution in [0.4, 0.5) is 0 Å². The van der Waals surface area contributed by atoms with Gasteiger partial charge in [-0.3, -0.25) is 14.5 Å². The number of rotatable bonds is 7. The van der Waals surface area contributed by atoms with Crippen LogP contribution in [-0.4, -0.2) is 32.8 Å². The van der Waals surface area contributed by atoms with Crippen molar-refractivity contribution in [1.29, 1.82) is 5.26 Å². The fraction of sp³-hybridized carbons (Fsp3) is 0.280. The van der Waals surface area contributed by atoms with Gasteiger partial charge in [0.05, 0.1) is 28.5 Å². The number of hydrogen-bond donors (Lipinski definition) is 0. The van der Waals surface area contributed by atoms with Gasteiger partial charge in [0, 0.05) is 24.4 Å². The van der Waals surface area contributed by atoms with E-state index >= 15 is 0 Å². The summed E-state index contributed by atoms with van der Waals surface area (Å²) in [6.45, 7) is 7.13. The van der Waals surface area contributed by atoms with Crippen molar-refractivity contribution in [3.63, 3.8) is 0 Å². The Morgan fingerprint density at radius 3 is 2.34 bits per heavy atom. The van der Waals surface area contributed by atoms with Crippen molar-refractivity contribution in [3.8, 4) is 6.07 Å². The van der Waals surface area contributed by atoms with E-state index < -0.39 is 0 Å². The fourth-order valence-corrected chi connectivity index (χ4v) is 5.34. The van der Waals surface area contributed by atoms with Gasteiger partial charge in [0.25, 0.3) is 11.8 Å². The molecule has 4 rings (SSSR count). The Balaban J connectivity index is 1.59. The Morgan fingerprint density at radius 2 is 1.75 bits per heavy atom. The van der Waals surface area contributed by atoms with Crippen LogP contribution in [-0.2, 0) is 19.4 Å². The zero-order valence-electron chi connectivity index (χ0n) is 18.4. The lowest BCUT2D eigenvalue weighted by molar-refractivity contribution is 0.0655. The summed E-state index contributed by atoms with van der Waals surface area (Å²) >= 11 is 1.61. The predicted octanol–water partition coefficient (Wildman–Crippen LogP) is 4.64. The molecule has 0 radical (unpaired) electrons. The number of amides is 2. The summed E-state index contributed by atoms with van der Waals surface area (Å²) in [4.78, 5) is 32.5. The highest BCUT2D eigenvalue weighted by atomic mass is 32.2. The molecule has 0 unspecified atom stereocenters. The summed E-state index contributed by atoms with van der Waals surface area (Å²) in [5, 5.41) is 10.3. The Labute approximate surface area is 191 Å². The molecule has 1 aromatic heterocycles. The first-order valence-corrected chi connectivity index (χ1v) is 11.5. The third-order valence-corrected chi connectivity index (χ3v) is 6.67. The van der Waals surface area contributed by atoms with Gasteiger partial charge in [-0.05, 0) is 56.2 Å². The third-order valence-electron chi connectivity index (χ3n) is 5.55. The zero-order chi connectivity index (χ0) is 22.8. The standard InChI is InChI=1S/C25H24N4O2S/c1-4-21-25(32-18-13-16(3)12-17(14-18)15-26)28(5-2)22(27-21)10-11-29-23(30)19-8-6-7-9-20(19)24(29)31/h6-9,12-14H,4-5,10-11H2,1-3H3. The molecule has 1 aliphatic heterocycles. The predicted molar refractivity (Wildman–Crippen MR) is 123 cm³/mol. The minimum atomic E-state index is -0.241. The summed E-state index contributed by atoms with van der Waals surface area (Å²) in [5.74, 6) is 0.375. The van der Waals surface area contributed by atoms with Gasteiger partial charge in [-0.1, -0.05) is 30.8 Å². The number of imidazole rings is 1. The molecule has 0 saturated carbocycles. The summed E-state index contributed by atoms with van der Waals surface area (Å²) < 4.78 is 2.15. The Bertz CT molecular complexity index is 1220. The van der Waals surface area contributed by atoms with Crippen LogP contribution >= 0.6 is 11.8 Å². The van der Waals surface area contributed by atoms with E-state index in [-0.39, 0.29) is 11.8 Å². The van der Waals surface area contributed by atoms with Crippen LogP contribution < -0.4 is 0 Å². The Hall–Kier alpha value is -3.37. The van der Waals surface area contributed by atoms with Crippen molar-refractivity contribution < 1.29 is 9.59 Å². The van der Waals surface area contributed by atoms with Gasteiger partial charge in [0.2, 0.25) is 0 Å². The van der Waals surface area contributed by atoms with Crippen molar-refractivity contribution in [3.05, 3.63) is 76.2 Å². The lowest BCUT2D eigenvalue weighted by atomic mass is 10.1. The molecule has 6 nitrogen and oxygen atoms in total. The number of carbonyl (C=O) groups is 2. The first-order chi connectivity index (χ1) is 15.5. The van der Waals surface area contributed by atoms with Gasteiger partial charge >= 0.3 is 0 Å². The molecule has 2 aromatic carbocycles. The number of nitriles is 1. The van der Waals surface area contributed by atoms with Gasteiger partial charge in [0.1, 0.15) is 10.9 Å². The van der Waals surface area contributed by atoms with Crippen molar-refractivity contribution in [1.82, 2.24) is 14.5 Å². The third kappa shape index (κ3) is 3.94. The average Bonchev–Trinajstić information content (AvgIpc) is 3.25. The summed E-state index contributed by atoms with van der Waals surface area (Å²) in [6.07, 6.45) is 1.26. The van der Waals surface area contributed by atoms with Gasteiger partial charge in [0.15, 0.2) is 0 Å². The van der Waals surface area contributed by atoms with E-state index in [1.54, 1.807) is 36.0 Å². The first-order valence-electron chi connectivity index (χ1n) is 10.7. The maximum absolute atomic E-state index is 12.7. The Kier molecular flexibility index (Phi) is 6.15. The zero-order valence-corrected chi connectivity index (χ0v) is 19.2. The second-order valence-corrected chi connectivity index (χ2v) is 8.75. The highest BCUT2D eigenvalue weighted by Gasteiger charge is 2.35. The number of aromatic nitrogens is 2. The molecule has 3 aromatic rings. The van der Waals surface area contributed by atoms with Crippen molar-refractivity contribution in [2.75, 3.05) is 6.54 Å². The maximum Gasteiger partial charge on any atom is 0.261 e. The number of fused-ring (bicyclic) bond motifs is 1. The van der Waals surface area contributed by atoms with Gasteiger partial charge in [-0.2, -0.15) is 5.26 Å². The molecule has 0 spiro atoms. The van der Waals surface area contributed by atoms with Gasteiger partial charge < -0.3 is 4.57 Å². The number of aryl methyl sites for hydroxylation is 2. The summed E-state index contributed by atoms with van der Waals surface area (Å²) in [6, 6.07) is 15.0. The number of carbonyl (C=O) groups excluding carboxylic acids is 2. The van der Waals surface area contributed by atoms with Crippen LogP contribution in [0.3, 0.4) is 0 Å². The van der Waals surface area contributed by atoms with Crippen LogP contribution in [0.1, 0.15) is 57.2 Å². The number of imide groups is 1. The molecule has 7 heteroatoms. The lowest BCUT2D eigenvalue weighted by Crippen LogP contribution is -2.32. The second-order valence-electron chi connectivity index (χ2n) is 7.68. The van der Waals surface area contributed by atoms with E-state index in [1.807, 2.05) is 19.1 Å². The molecule has 0 fully saturated rings. The second kappa shape index (κ2) is 9.01. The van der Waals surface area contributed by atoms with E-state index in [0.717, 1.165) is 40.0 Å². The maximum atomic E-state index is 12.7. The average molecular weight is 445 g/mol. The van der Waals surface area contributed by atoms with Crippen molar-refractivity contribution >= 4 is 23.6 Å². The smallest absolute Gasteiger partial charge is 0.261 e. The first kappa shape index (κ1) is 21.8.